The maximum Gasteiger partial charge on any atom is 0.163 e. The molecule has 1 saturated heterocycles. The van der Waals surface area contributed by atoms with Crippen molar-refractivity contribution in [3.05, 3.63) is 18.2 Å². The van der Waals surface area contributed by atoms with E-state index in [4.69, 9.17) is 15.2 Å². The van der Waals surface area contributed by atoms with Gasteiger partial charge >= 0.3 is 0 Å². The van der Waals surface area contributed by atoms with Crippen molar-refractivity contribution >= 4 is 5.69 Å². The summed E-state index contributed by atoms with van der Waals surface area (Å²) < 4.78 is 11.5. The molecule has 22 heavy (non-hydrogen) atoms. The number of unbranched alkanes of at least 4 members (excludes halogenated alkanes) is 1. The lowest BCUT2D eigenvalue weighted by atomic mass is 10.2. The third-order valence-electron chi connectivity index (χ3n) is 4.40. The molecule has 2 N–H and O–H groups in total. The Labute approximate surface area is 133 Å². The topological polar surface area (TPSA) is 51.0 Å². The molecular formula is C17H27N3O2. The minimum Gasteiger partial charge on any atom is -0.490 e. The molecule has 0 unspecified atom stereocenters. The summed E-state index contributed by atoms with van der Waals surface area (Å²) in [6, 6.07) is 6.33. The highest BCUT2D eigenvalue weighted by Gasteiger charge is 2.19. The van der Waals surface area contributed by atoms with Crippen LogP contribution in [0.15, 0.2) is 18.2 Å². The van der Waals surface area contributed by atoms with Gasteiger partial charge in [0.05, 0.1) is 13.2 Å². The Balaban J connectivity index is 1.56. The van der Waals surface area contributed by atoms with E-state index in [-0.39, 0.29) is 0 Å². The van der Waals surface area contributed by atoms with Crippen LogP contribution in [0, 0.1) is 0 Å². The Morgan fingerprint density at radius 3 is 2.50 bits per heavy atom. The highest BCUT2D eigenvalue weighted by atomic mass is 16.5. The Kier molecular flexibility index (Phi) is 5.40. The molecule has 5 heteroatoms. The summed E-state index contributed by atoms with van der Waals surface area (Å²) >= 11 is 0. The normalized spacial score (nSPS) is 19.0. The number of benzene rings is 1. The van der Waals surface area contributed by atoms with E-state index in [0.717, 1.165) is 70.3 Å². The van der Waals surface area contributed by atoms with E-state index in [0.29, 0.717) is 0 Å². The number of hydrogen-bond acceptors (Lipinski definition) is 5. The molecular weight excluding hydrogens is 278 g/mol. The first kappa shape index (κ1) is 15.4. The van der Waals surface area contributed by atoms with Crippen molar-refractivity contribution in [2.45, 2.75) is 19.3 Å². The molecule has 0 saturated carbocycles. The summed E-state index contributed by atoms with van der Waals surface area (Å²) in [5, 5.41) is 0. The predicted octanol–water partition coefficient (Wildman–Crippen LogP) is 1.71. The van der Waals surface area contributed by atoms with Gasteiger partial charge in [-0.25, -0.2) is 0 Å². The van der Waals surface area contributed by atoms with Crippen LogP contribution in [0.4, 0.5) is 5.69 Å². The van der Waals surface area contributed by atoms with Crippen molar-refractivity contribution in [1.82, 2.24) is 4.90 Å². The highest BCUT2D eigenvalue weighted by molar-refractivity contribution is 5.56. The third kappa shape index (κ3) is 3.84. The molecule has 2 heterocycles. The number of nitrogens with two attached hydrogens (primary N) is 1. The summed E-state index contributed by atoms with van der Waals surface area (Å²) in [5.41, 5.74) is 6.80. The van der Waals surface area contributed by atoms with Crippen molar-refractivity contribution in [2.24, 2.45) is 5.73 Å². The largest absolute Gasteiger partial charge is 0.490 e. The van der Waals surface area contributed by atoms with E-state index < -0.39 is 0 Å². The molecule has 2 aliphatic rings. The molecule has 0 aromatic heterocycles. The van der Waals surface area contributed by atoms with Crippen LogP contribution in [0.1, 0.15) is 19.3 Å². The van der Waals surface area contributed by atoms with E-state index in [9.17, 15) is 0 Å². The van der Waals surface area contributed by atoms with Gasteiger partial charge in [0.1, 0.15) is 0 Å². The molecule has 0 spiro atoms. The van der Waals surface area contributed by atoms with Gasteiger partial charge in [0.15, 0.2) is 11.5 Å². The van der Waals surface area contributed by atoms with Gasteiger partial charge in [-0.3, -0.25) is 4.90 Å². The van der Waals surface area contributed by atoms with Crippen molar-refractivity contribution in [1.29, 1.82) is 0 Å². The van der Waals surface area contributed by atoms with Crippen molar-refractivity contribution in [3.63, 3.8) is 0 Å². The molecule has 0 atom stereocenters. The van der Waals surface area contributed by atoms with Gasteiger partial charge in [-0.1, -0.05) is 0 Å². The highest BCUT2D eigenvalue weighted by Crippen LogP contribution is 2.33. The number of ether oxygens (including phenoxy) is 2. The average Bonchev–Trinajstić information content (AvgIpc) is 2.80. The van der Waals surface area contributed by atoms with Gasteiger partial charge in [0, 0.05) is 44.4 Å². The van der Waals surface area contributed by atoms with Crippen LogP contribution in [0.25, 0.3) is 0 Å². The molecule has 1 aromatic rings. The fourth-order valence-electron chi connectivity index (χ4n) is 3.06. The maximum atomic E-state index is 5.79. The summed E-state index contributed by atoms with van der Waals surface area (Å²) in [4.78, 5) is 4.98. The first-order valence-electron chi connectivity index (χ1n) is 8.44. The standard InChI is InChI=1S/C17H27N3O2/c18-6-1-2-7-19-8-10-20(11-9-19)15-4-5-16-17(14-15)22-13-3-12-21-16/h4-5,14H,1-3,6-13,18H2. The molecule has 2 aliphatic heterocycles. The zero-order valence-electron chi connectivity index (χ0n) is 13.3. The summed E-state index contributed by atoms with van der Waals surface area (Å²) in [7, 11) is 0. The van der Waals surface area contributed by atoms with Gasteiger partial charge in [0.25, 0.3) is 0 Å². The fraction of sp³-hybridized carbons (Fsp3) is 0.647. The molecule has 3 rings (SSSR count). The molecule has 0 radical (unpaired) electrons. The van der Waals surface area contributed by atoms with Crippen LogP contribution >= 0.6 is 0 Å². The van der Waals surface area contributed by atoms with Crippen LogP contribution in [0.2, 0.25) is 0 Å². The second-order valence-corrected chi connectivity index (χ2v) is 6.01. The minimum absolute atomic E-state index is 0.741. The molecule has 1 aromatic carbocycles. The molecule has 0 aliphatic carbocycles. The molecule has 0 amide bonds. The van der Waals surface area contributed by atoms with E-state index in [1.165, 1.54) is 18.7 Å². The van der Waals surface area contributed by atoms with Crippen molar-refractivity contribution in [3.8, 4) is 11.5 Å². The number of anilines is 1. The number of hydrogen-bond donors (Lipinski definition) is 1. The van der Waals surface area contributed by atoms with Gasteiger partial charge in [-0.2, -0.15) is 0 Å². The Bertz CT molecular complexity index is 473. The number of rotatable bonds is 5. The van der Waals surface area contributed by atoms with Crippen molar-refractivity contribution in [2.75, 3.05) is 57.4 Å². The van der Waals surface area contributed by atoms with Crippen LogP contribution in [0.5, 0.6) is 11.5 Å². The van der Waals surface area contributed by atoms with Crippen LogP contribution in [0.3, 0.4) is 0 Å². The molecule has 1 fully saturated rings. The monoisotopic (exact) mass is 305 g/mol. The Morgan fingerprint density at radius 1 is 0.955 bits per heavy atom. The first-order chi connectivity index (χ1) is 10.9. The summed E-state index contributed by atoms with van der Waals surface area (Å²) in [6.07, 6.45) is 3.29. The summed E-state index contributed by atoms with van der Waals surface area (Å²) in [5.74, 6) is 1.77. The first-order valence-corrected chi connectivity index (χ1v) is 8.44. The van der Waals surface area contributed by atoms with Gasteiger partial charge < -0.3 is 20.1 Å². The summed E-state index contributed by atoms with van der Waals surface area (Å²) in [6.45, 7) is 7.85. The van der Waals surface area contributed by atoms with Crippen LogP contribution in [-0.2, 0) is 0 Å². The lowest BCUT2D eigenvalue weighted by Gasteiger charge is -2.36. The van der Waals surface area contributed by atoms with Crippen LogP contribution in [-0.4, -0.2) is 57.4 Å². The van der Waals surface area contributed by atoms with E-state index in [2.05, 4.69) is 21.9 Å². The number of nitrogens with zero attached hydrogens (tertiary/aromatic N) is 2. The van der Waals surface area contributed by atoms with E-state index >= 15 is 0 Å². The Morgan fingerprint density at radius 2 is 1.73 bits per heavy atom. The number of fused-ring (bicyclic) bond motifs is 1. The van der Waals surface area contributed by atoms with Crippen LogP contribution < -0.4 is 20.1 Å². The lowest BCUT2D eigenvalue weighted by molar-refractivity contribution is 0.253. The van der Waals surface area contributed by atoms with Gasteiger partial charge in [-0.05, 0) is 38.1 Å². The maximum absolute atomic E-state index is 5.79. The SMILES string of the molecule is NCCCCN1CCN(c2ccc3c(c2)OCCCO3)CC1. The second kappa shape index (κ2) is 7.70. The molecule has 5 nitrogen and oxygen atoms in total. The number of piperazine rings is 1. The predicted molar refractivity (Wildman–Crippen MR) is 89.0 cm³/mol. The zero-order chi connectivity index (χ0) is 15.2. The third-order valence-corrected chi connectivity index (χ3v) is 4.40. The van der Waals surface area contributed by atoms with Gasteiger partial charge in [-0.15, -0.1) is 0 Å². The van der Waals surface area contributed by atoms with E-state index in [1.807, 2.05) is 6.07 Å². The molecule has 122 valence electrons. The second-order valence-electron chi connectivity index (χ2n) is 6.01. The Hall–Kier alpha value is -1.46. The fourth-order valence-corrected chi connectivity index (χ4v) is 3.06. The minimum atomic E-state index is 0.741. The van der Waals surface area contributed by atoms with Crippen molar-refractivity contribution < 1.29 is 9.47 Å². The molecule has 0 bridgehead atoms. The average molecular weight is 305 g/mol. The lowest BCUT2D eigenvalue weighted by Crippen LogP contribution is -2.46. The smallest absolute Gasteiger partial charge is 0.163 e. The quantitative estimate of drug-likeness (QED) is 0.839. The van der Waals surface area contributed by atoms with E-state index in [1.54, 1.807) is 0 Å². The zero-order valence-corrected chi connectivity index (χ0v) is 13.3. The van der Waals surface area contributed by atoms with Gasteiger partial charge in [0.2, 0.25) is 0 Å².